The fourth-order valence-electron chi connectivity index (χ4n) is 2.94. The van der Waals surface area contributed by atoms with Gasteiger partial charge in [-0.1, -0.05) is 41.1 Å². The molecule has 1 aliphatic carbocycles. The van der Waals surface area contributed by atoms with E-state index in [-0.39, 0.29) is 23.9 Å². The Morgan fingerprint density at radius 2 is 2.00 bits per heavy atom. The third-order valence-corrected chi connectivity index (χ3v) is 5.08. The van der Waals surface area contributed by atoms with Gasteiger partial charge >= 0.3 is 0 Å². The molecule has 1 saturated carbocycles. The molecule has 1 aromatic rings. The number of nitrogens with one attached hydrogen (secondary N) is 1. The third kappa shape index (κ3) is 2.84. The van der Waals surface area contributed by atoms with Crippen molar-refractivity contribution in [3.63, 3.8) is 0 Å². The lowest BCUT2D eigenvalue weighted by Gasteiger charge is -2.39. The van der Waals surface area contributed by atoms with Crippen molar-refractivity contribution in [1.82, 2.24) is 10.2 Å². The standard InChI is InChI=1S/C16H19BrN2O2/c1-2-13-15(20)18-14(10-7-8-10)16(21)19(13)9-11-5-3-4-6-12(11)17/h3-6,10,13-14H,2,7-9H2,1H3,(H,18,20). The third-order valence-electron chi connectivity index (χ3n) is 4.30. The fourth-order valence-corrected chi connectivity index (χ4v) is 3.35. The highest BCUT2D eigenvalue weighted by atomic mass is 79.9. The number of carbonyl (C=O) groups excluding carboxylic acids is 2. The van der Waals surface area contributed by atoms with Crippen molar-refractivity contribution in [2.75, 3.05) is 0 Å². The van der Waals surface area contributed by atoms with E-state index in [4.69, 9.17) is 0 Å². The summed E-state index contributed by atoms with van der Waals surface area (Å²) in [4.78, 5) is 26.8. The average Bonchev–Trinajstić information content (AvgIpc) is 3.29. The maximum Gasteiger partial charge on any atom is 0.246 e. The molecule has 21 heavy (non-hydrogen) atoms. The maximum absolute atomic E-state index is 12.7. The molecule has 1 aromatic carbocycles. The quantitative estimate of drug-likeness (QED) is 0.906. The highest BCUT2D eigenvalue weighted by Gasteiger charge is 2.46. The summed E-state index contributed by atoms with van der Waals surface area (Å²) in [5.41, 5.74) is 1.04. The monoisotopic (exact) mass is 350 g/mol. The summed E-state index contributed by atoms with van der Waals surface area (Å²) in [6.07, 6.45) is 2.71. The molecule has 5 heteroatoms. The Morgan fingerprint density at radius 1 is 1.29 bits per heavy atom. The van der Waals surface area contributed by atoms with Crippen molar-refractivity contribution in [3.05, 3.63) is 34.3 Å². The van der Waals surface area contributed by atoms with Crippen LogP contribution in [0.2, 0.25) is 0 Å². The second-order valence-electron chi connectivity index (χ2n) is 5.81. The molecule has 1 N–H and O–H groups in total. The molecule has 4 nitrogen and oxygen atoms in total. The van der Waals surface area contributed by atoms with Crippen LogP contribution in [0.25, 0.3) is 0 Å². The van der Waals surface area contributed by atoms with Gasteiger partial charge in [-0.25, -0.2) is 0 Å². The number of amides is 2. The van der Waals surface area contributed by atoms with Crippen LogP contribution < -0.4 is 5.32 Å². The lowest BCUT2D eigenvalue weighted by atomic mass is 10.0. The molecule has 1 aliphatic heterocycles. The van der Waals surface area contributed by atoms with E-state index >= 15 is 0 Å². The van der Waals surface area contributed by atoms with Gasteiger partial charge in [-0.05, 0) is 36.8 Å². The van der Waals surface area contributed by atoms with Crippen LogP contribution in [0.3, 0.4) is 0 Å². The van der Waals surface area contributed by atoms with E-state index in [2.05, 4.69) is 21.2 Å². The lowest BCUT2D eigenvalue weighted by molar-refractivity contribution is -0.150. The Balaban J connectivity index is 1.86. The topological polar surface area (TPSA) is 49.4 Å². The van der Waals surface area contributed by atoms with Gasteiger partial charge in [0.15, 0.2) is 0 Å². The van der Waals surface area contributed by atoms with Crippen molar-refractivity contribution in [3.8, 4) is 0 Å². The highest BCUT2D eigenvalue weighted by molar-refractivity contribution is 9.10. The predicted octanol–water partition coefficient (Wildman–Crippen LogP) is 2.46. The van der Waals surface area contributed by atoms with Crippen LogP contribution in [0.15, 0.2) is 28.7 Å². The first-order valence-corrected chi connectivity index (χ1v) is 8.25. The molecule has 2 amide bonds. The molecule has 1 heterocycles. The van der Waals surface area contributed by atoms with Crippen LogP contribution in [-0.2, 0) is 16.1 Å². The lowest BCUT2D eigenvalue weighted by Crippen LogP contribution is -2.63. The Kier molecular flexibility index (Phi) is 4.02. The van der Waals surface area contributed by atoms with Crippen molar-refractivity contribution >= 4 is 27.7 Å². The van der Waals surface area contributed by atoms with E-state index in [0.717, 1.165) is 22.9 Å². The first-order chi connectivity index (χ1) is 10.1. The minimum absolute atomic E-state index is 0.0129. The maximum atomic E-state index is 12.7. The van der Waals surface area contributed by atoms with Crippen LogP contribution >= 0.6 is 15.9 Å². The molecule has 1 saturated heterocycles. The van der Waals surface area contributed by atoms with Crippen molar-refractivity contribution in [2.24, 2.45) is 5.92 Å². The van der Waals surface area contributed by atoms with E-state index in [0.29, 0.717) is 18.9 Å². The molecule has 0 radical (unpaired) electrons. The van der Waals surface area contributed by atoms with E-state index < -0.39 is 0 Å². The summed E-state index contributed by atoms with van der Waals surface area (Å²) in [7, 11) is 0. The van der Waals surface area contributed by atoms with Gasteiger partial charge in [0.05, 0.1) is 0 Å². The highest BCUT2D eigenvalue weighted by Crippen LogP contribution is 2.35. The number of rotatable bonds is 4. The average molecular weight is 351 g/mol. The molecule has 2 fully saturated rings. The minimum atomic E-state index is -0.361. The van der Waals surface area contributed by atoms with Gasteiger partial charge in [-0.3, -0.25) is 9.59 Å². The minimum Gasteiger partial charge on any atom is -0.342 e. The molecule has 0 bridgehead atoms. The normalized spacial score (nSPS) is 25.9. The summed E-state index contributed by atoms with van der Waals surface area (Å²) in [5, 5.41) is 2.92. The molecular formula is C16H19BrN2O2. The molecular weight excluding hydrogens is 332 g/mol. The zero-order valence-corrected chi connectivity index (χ0v) is 13.6. The number of hydrogen-bond donors (Lipinski definition) is 1. The van der Waals surface area contributed by atoms with Crippen LogP contribution in [0.1, 0.15) is 31.7 Å². The second kappa shape index (κ2) is 5.79. The smallest absolute Gasteiger partial charge is 0.246 e. The molecule has 3 rings (SSSR count). The number of carbonyl (C=O) groups is 2. The molecule has 112 valence electrons. The Labute approximate surface area is 133 Å². The summed E-state index contributed by atoms with van der Waals surface area (Å²) >= 11 is 3.52. The van der Waals surface area contributed by atoms with E-state index in [1.165, 1.54) is 0 Å². The molecule has 2 aliphatic rings. The summed E-state index contributed by atoms with van der Waals surface area (Å²) < 4.78 is 0.974. The van der Waals surface area contributed by atoms with Crippen molar-refractivity contribution in [1.29, 1.82) is 0 Å². The number of halogens is 1. The molecule has 0 spiro atoms. The number of benzene rings is 1. The first kappa shape index (κ1) is 14.6. The first-order valence-electron chi connectivity index (χ1n) is 7.46. The van der Waals surface area contributed by atoms with Crippen LogP contribution in [-0.4, -0.2) is 28.8 Å². The fraction of sp³-hybridized carbons (Fsp3) is 0.500. The van der Waals surface area contributed by atoms with Gasteiger partial charge in [0.1, 0.15) is 12.1 Å². The van der Waals surface area contributed by atoms with Gasteiger partial charge < -0.3 is 10.2 Å². The Bertz CT molecular complexity index is 571. The second-order valence-corrected chi connectivity index (χ2v) is 6.66. The van der Waals surface area contributed by atoms with Crippen molar-refractivity contribution < 1.29 is 9.59 Å². The number of piperazine rings is 1. The van der Waals surface area contributed by atoms with Gasteiger partial charge in [-0.15, -0.1) is 0 Å². The SMILES string of the molecule is CCC1C(=O)NC(C2CC2)C(=O)N1Cc1ccccc1Br. The van der Waals surface area contributed by atoms with Crippen LogP contribution in [0.5, 0.6) is 0 Å². The zero-order valence-electron chi connectivity index (χ0n) is 12.0. The Hall–Kier alpha value is -1.36. The van der Waals surface area contributed by atoms with Crippen molar-refractivity contribution in [2.45, 2.75) is 44.8 Å². The van der Waals surface area contributed by atoms with E-state index in [1.54, 1.807) is 4.90 Å². The molecule has 2 atom stereocenters. The molecule has 2 unspecified atom stereocenters. The van der Waals surface area contributed by atoms with Gasteiger partial charge in [0, 0.05) is 11.0 Å². The summed E-state index contributed by atoms with van der Waals surface area (Å²) in [6, 6.07) is 7.17. The zero-order chi connectivity index (χ0) is 15.0. The van der Waals surface area contributed by atoms with Gasteiger partial charge in [-0.2, -0.15) is 0 Å². The summed E-state index contributed by atoms with van der Waals surface area (Å²) in [6.45, 7) is 2.43. The van der Waals surface area contributed by atoms with Crippen LogP contribution in [0, 0.1) is 5.92 Å². The predicted molar refractivity (Wildman–Crippen MR) is 83.4 cm³/mol. The van der Waals surface area contributed by atoms with Gasteiger partial charge in [0.25, 0.3) is 0 Å². The number of nitrogens with zero attached hydrogens (tertiary/aromatic N) is 1. The van der Waals surface area contributed by atoms with Crippen LogP contribution in [0.4, 0.5) is 0 Å². The largest absolute Gasteiger partial charge is 0.342 e. The Morgan fingerprint density at radius 3 is 2.62 bits per heavy atom. The van der Waals surface area contributed by atoms with E-state index in [9.17, 15) is 9.59 Å². The van der Waals surface area contributed by atoms with Gasteiger partial charge in [0.2, 0.25) is 11.8 Å². The number of hydrogen-bond acceptors (Lipinski definition) is 2. The summed E-state index contributed by atoms with van der Waals surface area (Å²) in [5.74, 6) is 0.390. The van der Waals surface area contributed by atoms with E-state index in [1.807, 2.05) is 31.2 Å². The molecule has 0 aromatic heterocycles.